The maximum Gasteiger partial charge on any atom is 0.274 e. The Hall–Kier alpha value is -1.65. The van der Waals surface area contributed by atoms with Gasteiger partial charge in [0.1, 0.15) is 11.5 Å². The molecule has 1 saturated carbocycles. The molecule has 0 spiro atoms. The van der Waals surface area contributed by atoms with E-state index in [1.165, 1.54) is 25.2 Å². The van der Waals surface area contributed by atoms with Gasteiger partial charge in [0.25, 0.3) is 5.91 Å². The molecule has 0 aliphatic heterocycles. The number of carbonyl (C=O) groups is 1. The maximum atomic E-state index is 12.6. The lowest BCUT2D eigenvalue weighted by Gasteiger charge is -2.30. The zero-order valence-corrected chi connectivity index (χ0v) is 11.7. The second kappa shape index (κ2) is 5.99. The summed E-state index contributed by atoms with van der Waals surface area (Å²) in [5.41, 5.74) is 5.90. The second-order valence-corrected chi connectivity index (χ2v) is 5.62. The summed E-state index contributed by atoms with van der Waals surface area (Å²) in [5, 5.41) is 0. The van der Waals surface area contributed by atoms with E-state index in [4.69, 9.17) is 5.73 Å². The lowest BCUT2D eigenvalue weighted by atomic mass is 10.1. The zero-order chi connectivity index (χ0) is 13.8. The summed E-state index contributed by atoms with van der Waals surface area (Å²) in [6.45, 7) is 5.03. The van der Waals surface area contributed by atoms with Gasteiger partial charge in [0.05, 0.1) is 12.4 Å². The molecule has 1 aromatic rings. The summed E-state index contributed by atoms with van der Waals surface area (Å²) in [5.74, 6) is 0.771. The summed E-state index contributed by atoms with van der Waals surface area (Å²) in [6.07, 6.45) is 7.52. The van der Waals surface area contributed by atoms with Gasteiger partial charge in [-0.3, -0.25) is 4.79 Å². The first-order chi connectivity index (χ1) is 9.08. The third-order valence-corrected chi connectivity index (χ3v) is 3.48. The van der Waals surface area contributed by atoms with Crippen molar-refractivity contribution in [1.82, 2.24) is 14.9 Å². The summed E-state index contributed by atoms with van der Waals surface area (Å²) in [4.78, 5) is 22.6. The molecular formula is C14H22N4O. The SMILES string of the molecule is CC(C)CN(C(=O)c1cnc(N)cn1)C1CCCC1. The molecule has 0 atom stereocenters. The molecule has 5 nitrogen and oxygen atoms in total. The van der Waals surface area contributed by atoms with Crippen LogP contribution >= 0.6 is 0 Å². The van der Waals surface area contributed by atoms with E-state index >= 15 is 0 Å². The first kappa shape index (κ1) is 13.8. The first-order valence-electron chi connectivity index (χ1n) is 6.96. The molecular weight excluding hydrogens is 240 g/mol. The van der Waals surface area contributed by atoms with Crippen LogP contribution in [-0.2, 0) is 0 Å². The van der Waals surface area contributed by atoms with Crippen LogP contribution in [0.15, 0.2) is 12.4 Å². The van der Waals surface area contributed by atoms with Crippen LogP contribution in [0.5, 0.6) is 0 Å². The maximum absolute atomic E-state index is 12.6. The van der Waals surface area contributed by atoms with Crippen LogP contribution < -0.4 is 5.73 Å². The van der Waals surface area contributed by atoms with Gasteiger partial charge in [-0.05, 0) is 18.8 Å². The Labute approximate surface area is 114 Å². The molecule has 1 aliphatic rings. The Morgan fingerprint density at radius 1 is 1.37 bits per heavy atom. The van der Waals surface area contributed by atoms with E-state index in [-0.39, 0.29) is 5.91 Å². The summed E-state index contributed by atoms with van der Waals surface area (Å²) in [7, 11) is 0. The Morgan fingerprint density at radius 3 is 2.58 bits per heavy atom. The van der Waals surface area contributed by atoms with Crippen LogP contribution in [0.2, 0.25) is 0 Å². The van der Waals surface area contributed by atoms with Gasteiger partial charge >= 0.3 is 0 Å². The van der Waals surface area contributed by atoms with E-state index in [0.29, 0.717) is 23.5 Å². The molecule has 1 amide bonds. The molecule has 0 unspecified atom stereocenters. The Morgan fingerprint density at radius 2 is 2.05 bits per heavy atom. The summed E-state index contributed by atoms with van der Waals surface area (Å²) in [6, 6.07) is 0.356. The molecule has 1 heterocycles. The van der Waals surface area contributed by atoms with Crippen molar-refractivity contribution in [3.05, 3.63) is 18.1 Å². The fraction of sp³-hybridized carbons (Fsp3) is 0.643. The third-order valence-electron chi connectivity index (χ3n) is 3.48. The molecule has 19 heavy (non-hydrogen) atoms. The van der Waals surface area contributed by atoms with Gasteiger partial charge in [0, 0.05) is 12.6 Å². The minimum Gasteiger partial charge on any atom is -0.382 e. The van der Waals surface area contributed by atoms with Crippen molar-refractivity contribution in [2.75, 3.05) is 12.3 Å². The topological polar surface area (TPSA) is 72.1 Å². The van der Waals surface area contributed by atoms with Crippen LogP contribution in [-0.4, -0.2) is 33.4 Å². The van der Waals surface area contributed by atoms with Crippen LogP contribution in [0.1, 0.15) is 50.0 Å². The van der Waals surface area contributed by atoms with Crippen LogP contribution in [0.4, 0.5) is 5.82 Å². The Balaban J connectivity index is 2.16. The number of rotatable bonds is 4. The highest BCUT2D eigenvalue weighted by Gasteiger charge is 2.28. The minimum atomic E-state index is -0.0203. The fourth-order valence-electron chi connectivity index (χ4n) is 2.60. The number of anilines is 1. The van der Waals surface area contributed by atoms with Crippen molar-refractivity contribution >= 4 is 11.7 Å². The highest BCUT2D eigenvalue weighted by atomic mass is 16.2. The van der Waals surface area contributed by atoms with Gasteiger partial charge in [0.15, 0.2) is 0 Å². The number of carbonyl (C=O) groups excluding carboxylic acids is 1. The lowest BCUT2D eigenvalue weighted by Crippen LogP contribution is -2.41. The number of hydrogen-bond acceptors (Lipinski definition) is 4. The van der Waals surface area contributed by atoms with Gasteiger partial charge in [-0.1, -0.05) is 26.7 Å². The molecule has 2 N–H and O–H groups in total. The van der Waals surface area contributed by atoms with Gasteiger partial charge in [-0.15, -0.1) is 0 Å². The molecule has 5 heteroatoms. The molecule has 1 aliphatic carbocycles. The molecule has 0 aromatic carbocycles. The molecule has 104 valence electrons. The van der Waals surface area contributed by atoms with E-state index in [0.717, 1.165) is 19.4 Å². The molecule has 1 fully saturated rings. The first-order valence-corrected chi connectivity index (χ1v) is 6.96. The molecule has 0 radical (unpaired) electrons. The average Bonchev–Trinajstić information content (AvgIpc) is 2.89. The van der Waals surface area contributed by atoms with Crippen molar-refractivity contribution in [3.8, 4) is 0 Å². The number of nitrogen functional groups attached to an aromatic ring is 1. The third kappa shape index (κ3) is 3.43. The smallest absolute Gasteiger partial charge is 0.274 e. The van der Waals surface area contributed by atoms with Crippen LogP contribution in [0.3, 0.4) is 0 Å². The number of nitrogens with zero attached hydrogens (tertiary/aromatic N) is 3. The van der Waals surface area contributed by atoms with Gasteiger partial charge in [0.2, 0.25) is 0 Å². The predicted octanol–water partition coefficient (Wildman–Crippen LogP) is 2.10. The van der Waals surface area contributed by atoms with Gasteiger partial charge in [-0.2, -0.15) is 0 Å². The van der Waals surface area contributed by atoms with Gasteiger partial charge < -0.3 is 10.6 Å². The average molecular weight is 262 g/mol. The largest absolute Gasteiger partial charge is 0.382 e. The quantitative estimate of drug-likeness (QED) is 0.902. The number of aromatic nitrogens is 2. The van der Waals surface area contributed by atoms with Crippen molar-refractivity contribution in [2.24, 2.45) is 5.92 Å². The molecule has 1 aromatic heterocycles. The van der Waals surface area contributed by atoms with Crippen molar-refractivity contribution in [1.29, 1.82) is 0 Å². The standard InChI is InChI=1S/C14H22N4O/c1-10(2)9-18(11-5-3-4-6-11)14(19)12-7-17-13(15)8-16-12/h7-8,10-11H,3-6,9H2,1-2H3,(H2,15,17). The number of amides is 1. The normalized spacial score (nSPS) is 15.9. The Kier molecular flexibility index (Phi) is 4.35. The predicted molar refractivity (Wildman–Crippen MR) is 74.6 cm³/mol. The van der Waals surface area contributed by atoms with E-state index in [1.807, 2.05) is 4.90 Å². The van der Waals surface area contributed by atoms with Crippen molar-refractivity contribution in [2.45, 2.75) is 45.6 Å². The van der Waals surface area contributed by atoms with Crippen LogP contribution in [0, 0.1) is 5.92 Å². The van der Waals surface area contributed by atoms with Gasteiger partial charge in [-0.25, -0.2) is 9.97 Å². The van der Waals surface area contributed by atoms with Crippen molar-refractivity contribution < 1.29 is 4.79 Å². The summed E-state index contributed by atoms with van der Waals surface area (Å²) < 4.78 is 0. The fourth-order valence-corrected chi connectivity index (χ4v) is 2.60. The minimum absolute atomic E-state index is 0.0203. The lowest BCUT2D eigenvalue weighted by molar-refractivity contribution is 0.0649. The molecule has 0 bridgehead atoms. The van der Waals surface area contributed by atoms with E-state index in [1.54, 1.807) is 0 Å². The van der Waals surface area contributed by atoms with E-state index in [2.05, 4.69) is 23.8 Å². The summed E-state index contributed by atoms with van der Waals surface area (Å²) >= 11 is 0. The highest BCUT2D eigenvalue weighted by molar-refractivity contribution is 5.92. The number of nitrogens with two attached hydrogens (primary N) is 1. The highest BCUT2D eigenvalue weighted by Crippen LogP contribution is 2.25. The number of hydrogen-bond donors (Lipinski definition) is 1. The molecule has 2 rings (SSSR count). The van der Waals surface area contributed by atoms with Crippen LogP contribution in [0.25, 0.3) is 0 Å². The van der Waals surface area contributed by atoms with E-state index < -0.39 is 0 Å². The molecule has 0 saturated heterocycles. The van der Waals surface area contributed by atoms with Crippen molar-refractivity contribution in [3.63, 3.8) is 0 Å². The van der Waals surface area contributed by atoms with E-state index in [9.17, 15) is 4.79 Å². The monoisotopic (exact) mass is 262 g/mol. The Bertz CT molecular complexity index is 424. The second-order valence-electron chi connectivity index (χ2n) is 5.62. The zero-order valence-electron chi connectivity index (χ0n) is 11.7.